The van der Waals surface area contributed by atoms with Crippen molar-refractivity contribution in [3.8, 4) is 0 Å². The molecule has 0 aromatic heterocycles. The lowest BCUT2D eigenvalue weighted by atomic mass is 9.94. The molecule has 3 unspecified atom stereocenters. The van der Waals surface area contributed by atoms with Crippen LogP contribution in [0.2, 0.25) is 0 Å². The van der Waals surface area contributed by atoms with Gasteiger partial charge in [-0.25, -0.2) is 0 Å². The fraction of sp³-hybridized carbons (Fsp3) is 0.700. The summed E-state index contributed by atoms with van der Waals surface area (Å²) in [6.45, 7) is 3.50. The minimum absolute atomic E-state index is 0.182. The highest BCUT2D eigenvalue weighted by Gasteiger charge is 2.43. The number of hydrogen-bond acceptors (Lipinski definition) is 2. The summed E-state index contributed by atoms with van der Waals surface area (Å²) in [5.74, 6) is 1.29. The molecule has 0 aromatic carbocycles. The Hall–Kier alpha value is -0.630. The molecule has 2 aliphatic carbocycles. The summed E-state index contributed by atoms with van der Waals surface area (Å²) in [5, 5.41) is 0. The highest BCUT2D eigenvalue weighted by atomic mass is 16.5. The van der Waals surface area contributed by atoms with Crippen molar-refractivity contribution < 1.29 is 9.53 Å². The van der Waals surface area contributed by atoms with E-state index in [-0.39, 0.29) is 11.8 Å². The van der Waals surface area contributed by atoms with Crippen LogP contribution in [-0.2, 0) is 9.53 Å². The van der Waals surface area contributed by atoms with Crippen LogP contribution >= 0.6 is 0 Å². The average molecular weight is 166 g/mol. The maximum absolute atomic E-state index is 11.4. The highest BCUT2D eigenvalue weighted by Crippen LogP contribution is 2.40. The van der Waals surface area contributed by atoms with Crippen molar-refractivity contribution in [3.05, 3.63) is 12.2 Å². The van der Waals surface area contributed by atoms with Gasteiger partial charge in [0.1, 0.15) is 5.78 Å². The van der Waals surface area contributed by atoms with Gasteiger partial charge >= 0.3 is 0 Å². The molecule has 2 nitrogen and oxygen atoms in total. The van der Waals surface area contributed by atoms with E-state index in [1.807, 2.05) is 6.92 Å². The quantitative estimate of drug-likeness (QED) is 0.592. The fourth-order valence-corrected chi connectivity index (χ4v) is 2.19. The zero-order chi connectivity index (χ0) is 8.55. The van der Waals surface area contributed by atoms with E-state index in [1.165, 1.54) is 0 Å². The molecule has 0 radical (unpaired) electrons. The van der Waals surface area contributed by atoms with Crippen molar-refractivity contribution in [1.82, 2.24) is 0 Å². The molecule has 2 heteroatoms. The number of fused-ring (bicyclic) bond motifs is 2. The molecule has 1 fully saturated rings. The third-order valence-electron chi connectivity index (χ3n) is 2.85. The summed E-state index contributed by atoms with van der Waals surface area (Å²) in [5.41, 5.74) is 0. The number of Topliss-reactive ketones (excluding diaryl/α,β-unsaturated/α-hetero) is 1. The molecule has 0 spiro atoms. The number of ether oxygens (including phenoxy) is 1. The lowest BCUT2D eigenvalue weighted by Gasteiger charge is -2.15. The second-order valence-electron chi connectivity index (χ2n) is 3.57. The maximum Gasteiger partial charge on any atom is 0.146 e. The second-order valence-corrected chi connectivity index (χ2v) is 3.57. The van der Waals surface area contributed by atoms with Gasteiger partial charge in [-0.2, -0.15) is 0 Å². The molecule has 2 aliphatic rings. The highest BCUT2D eigenvalue weighted by molar-refractivity contribution is 5.91. The fourth-order valence-electron chi connectivity index (χ4n) is 2.19. The van der Waals surface area contributed by atoms with Gasteiger partial charge in [-0.1, -0.05) is 12.2 Å². The summed E-state index contributed by atoms with van der Waals surface area (Å²) in [4.78, 5) is 11.4. The Morgan fingerprint density at radius 3 is 2.92 bits per heavy atom. The summed E-state index contributed by atoms with van der Waals surface area (Å²) in [7, 11) is 0. The predicted octanol–water partition coefficient (Wildman–Crippen LogP) is 1.41. The van der Waals surface area contributed by atoms with E-state index in [2.05, 4.69) is 12.2 Å². The normalized spacial score (nSPS) is 38.1. The van der Waals surface area contributed by atoms with Crippen LogP contribution in [0.15, 0.2) is 12.2 Å². The zero-order valence-electron chi connectivity index (χ0n) is 7.32. The van der Waals surface area contributed by atoms with Crippen molar-refractivity contribution in [2.45, 2.75) is 13.3 Å². The van der Waals surface area contributed by atoms with Gasteiger partial charge in [0.2, 0.25) is 0 Å². The van der Waals surface area contributed by atoms with Gasteiger partial charge in [-0.05, 0) is 19.3 Å². The molecule has 0 N–H and O–H groups in total. The Morgan fingerprint density at radius 1 is 1.58 bits per heavy atom. The second kappa shape index (κ2) is 3.02. The minimum atomic E-state index is 0.182. The van der Waals surface area contributed by atoms with Crippen molar-refractivity contribution in [3.63, 3.8) is 0 Å². The number of carbonyl (C=O) groups excluding carboxylic acids is 1. The van der Waals surface area contributed by atoms with Gasteiger partial charge in [-0.15, -0.1) is 0 Å². The molecule has 0 amide bonds. The summed E-state index contributed by atoms with van der Waals surface area (Å²) >= 11 is 0. The molecule has 1 saturated carbocycles. The zero-order valence-corrected chi connectivity index (χ0v) is 7.32. The lowest BCUT2D eigenvalue weighted by Crippen LogP contribution is -2.16. The Kier molecular flexibility index (Phi) is 2.01. The lowest BCUT2D eigenvalue weighted by molar-refractivity contribution is -0.121. The Bertz CT molecular complexity index is 220. The molecule has 66 valence electrons. The molecule has 0 aromatic rings. The first-order valence-corrected chi connectivity index (χ1v) is 4.62. The van der Waals surface area contributed by atoms with E-state index in [1.54, 1.807) is 0 Å². The topological polar surface area (TPSA) is 26.3 Å². The largest absolute Gasteiger partial charge is 0.381 e. The molecule has 3 atom stereocenters. The first kappa shape index (κ1) is 7.99. The van der Waals surface area contributed by atoms with Crippen LogP contribution in [0.4, 0.5) is 0 Å². The number of rotatable bonds is 3. The van der Waals surface area contributed by atoms with Gasteiger partial charge in [-0.3, -0.25) is 4.79 Å². The Balaban J connectivity index is 1.95. The van der Waals surface area contributed by atoms with Crippen LogP contribution in [0.1, 0.15) is 13.3 Å². The molecule has 2 rings (SSSR count). The van der Waals surface area contributed by atoms with Gasteiger partial charge in [0.25, 0.3) is 0 Å². The Labute approximate surface area is 72.6 Å². The third kappa shape index (κ3) is 1.11. The van der Waals surface area contributed by atoms with Crippen LogP contribution < -0.4 is 0 Å². The van der Waals surface area contributed by atoms with Crippen molar-refractivity contribution in [2.24, 2.45) is 17.8 Å². The van der Waals surface area contributed by atoms with Crippen LogP contribution in [0.5, 0.6) is 0 Å². The van der Waals surface area contributed by atoms with Gasteiger partial charge in [0, 0.05) is 18.4 Å². The molecule has 0 heterocycles. The van der Waals surface area contributed by atoms with Crippen LogP contribution in [0.3, 0.4) is 0 Å². The van der Waals surface area contributed by atoms with Crippen molar-refractivity contribution >= 4 is 5.78 Å². The molecular formula is C10H14O2. The SMILES string of the molecule is CCOCC1CC2C=CC1C2=O. The number of hydrogen-bond donors (Lipinski definition) is 0. The Morgan fingerprint density at radius 2 is 2.42 bits per heavy atom. The summed E-state index contributed by atoms with van der Waals surface area (Å²) in [6.07, 6.45) is 5.12. The van der Waals surface area contributed by atoms with E-state index in [0.29, 0.717) is 11.7 Å². The smallest absolute Gasteiger partial charge is 0.146 e. The summed E-state index contributed by atoms with van der Waals surface area (Å²) in [6, 6.07) is 0. The molecular weight excluding hydrogens is 152 g/mol. The third-order valence-corrected chi connectivity index (χ3v) is 2.85. The molecule has 0 aliphatic heterocycles. The van der Waals surface area contributed by atoms with Crippen molar-refractivity contribution in [1.29, 1.82) is 0 Å². The van der Waals surface area contributed by atoms with E-state index < -0.39 is 0 Å². The number of carbonyl (C=O) groups is 1. The minimum Gasteiger partial charge on any atom is -0.381 e. The van der Waals surface area contributed by atoms with Gasteiger partial charge in [0.15, 0.2) is 0 Å². The molecule has 2 bridgehead atoms. The predicted molar refractivity (Wildman–Crippen MR) is 45.7 cm³/mol. The van der Waals surface area contributed by atoms with E-state index in [0.717, 1.165) is 19.6 Å². The maximum atomic E-state index is 11.4. The van der Waals surface area contributed by atoms with Crippen LogP contribution in [0, 0.1) is 17.8 Å². The molecule has 12 heavy (non-hydrogen) atoms. The van der Waals surface area contributed by atoms with E-state index in [9.17, 15) is 4.79 Å². The average Bonchev–Trinajstić information content (AvgIpc) is 2.58. The monoisotopic (exact) mass is 166 g/mol. The first-order valence-electron chi connectivity index (χ1n) is 4.62. The standard InChI is InChI=1S/C10H14O2/c1-2-12-6-8-5-7-3-4-9(8)10(7)11/h3-4,7-9H,2,5-6H2,1H3. The molecule has 0 saturated heterocycles. The van der Waals surface area contributed by atoms with Gasteiger partial charge in [0.05, 0.1) is 6.61 Å². The van der Waals surface area contributed by atoms with E-state index >= 15 is 0 Å². The number of ketones is 1. The first-order chi connectivity index (χ1) is 5.83. The van der Waals surface area contributed by atoms with Gasteiger partial charge < -0.3 is 4.74 Å². The number of allylic oxidation sites excluding steroid dienone is 2. The van der Waals surface area contributed by atoms with E-state index in [4.69, 9.17) is 4.74 Å². The summed E-state index contributed by atoms with van der Waals surface area (Å²) < 4.78 is 5.33. The van der Waals surface area contributed by atoms with Crippen LogP contribution in [0.25, 0.3) is 0 Å². The van der Waals surface area contributed by atoms with Crippen molar-refractivity contribution in [2.75, 3.05) is 13.2 Å². The van der Waals surface area contributed by atoms with Crippen LogP contribution in [-0.4, -0.2) is 19.0 Å².